The average molecular weight is 333 g/mol. The molecule has 0 saturated heterocycles. The van der Waals surface area contributed by atoms with Crippen LogP contribution in [0.5, 0.6) is 5.88 Å². The zero-order chi connectivity index (χ0) is 14.1. The first-order valence-electron chi connectivity index (χ1n) is 4.92. The maximum atomic E-state index is 11.8. The Kier molecular flexibility index (Phi) is 4.81. The summed E-state index contributed by atoms with van der Waals surface area (Å²) in [5, 5.41) is 3.60. The van der Waals surface area contributed by atoms with E-state index in [0.29, 0.717) is 0 Å². The molecule has 18 heavy (non-hydrogen) atoms. The van der Waals surface area contributed by atoms with E-state index in [4.69, 9.17) is 16.1 Å². The van der Waals surface area contributed by atoms with E-state index in [9.17, 15) is 13.0 Å². The molecule has 0 aliphatic carbocycles. The molecule has 0 saturated carbocycles. The summed E-state index contributed by atoms with van der Waals surface area (Å²) in [5.41, 5.74) is 0. The van der Waals surface area contributed by atoms with Crippen LogP contribution in [0.2, 0.25) is 5.02 Å². The normalized spacial score (nSPS) is 15.4. The predicted octanol–water partition coefficient (Wildman–Crippen LogP) is 2.43. The number of hydrogen-bond acceptors (Lipinski definition) is 6. The van der Waals surface area contributed by atoms with Crippen LogP contribution in [0, 0.1) is 0 Å². The molecule has 0 aliphatic heterocycles. The summed E-state index contributed by atoms with van der Waals surface area (Å²) in [6.07, 6.45) is 1.63. The Morgan fingerprint density at radius 3 is 2.56 bits per heavy atom. The fourth-order valence-corrected chi connectivity index (χ4v) is 3.82. The van der Waals surface area contributed by atoms with Crippen LogP contribution in [0.3, 0.4) is 0 Å². The molecule has 1 aromatic rings. The minimum absolute atomic E-state index is 0.0992. The van der Waals surface area contributed by atoms with Crippen molar-refractivity contribution in [2.45, 2.75) is 11.9 Å². The summed E-state index contributed by atoms with van der Waals surface area (Å²) in [6, 6.07) is 0. The van der Waals surface area contributed by atoms with Crippen molar-refractivity contribution in [3.63, 3.8) is 0 Å². The van der Waals surface area contributed by atoms with Gasteiger partial charge in [-0.25, -0.2) is 8.42 Å². The smallest absolute Gasteiger partial charge is 0.301 e. The fourth-order valence-electron chi connectivity index (χ4n) is 1.19. The summed E-state index contributed by atoms with van der Waals surface area (Å²) in [5.74, 6) is -0.218. The van der Waals surface area contributed by atoms with Crippen LogP contribution in [0.1, 0.15) is 6.92 Å². The van der Waals surface area contributed by atoms with Crippen molar-refractivity contribution in [3.8, 4) is 5.88 Å². The molecular formula is C8H14ClN2O4PS2. The number of rotatable bonds is 5. The third kappa shape index (κ3) is 3.23. The minimum atomic E-state index is -3.51. The van der Waals surface area contributed by atoms with Gasteiger partial charge in [-0.15, -0.1) is 5.10 Å². The highest BCUT2D eigenvalue weighted by Gasteiger charge is 2.28. The van der Waals surface area contributed by atoms with Crippen LogP contribution in [0.4, 0.5) is 0 Å². The standard InChI is InChI=1S/C8H14ClN2O4PS2/c1-5-18(13,14)8-6(9)7(10-11(8)2)15-16(3,12)17-4/h5H2,1-4H3. The molecule has 1 unspecified atom stereocenters. The Balaban J connectivity index is 3.30. The third-order valence-corrected chi connectivity index (χ3v) is 7.82. The van der Waals surface area contributed by atoms with Crippen LogP contribution in [-0.2, 0) is 21.4 Å². The largest absolute Gasteiger partial charge is 0.414 e. The highest BCUT2D eigenvalue weighted by Crippen LogP contribution is 2.55. The molecule has 10 heteroatoms. The van der Waals surface area contributed by atoms with Gasteiger partial charge in [-0.05, 0) is 6.26 Å². The van der Waals surface area contributed by atoms with Gasteiger partial charge in [0, 0.05) is 13.7 Å². The number of aryl methyl sites for hydroxylation is 1. The minimum Gasteiger partial charge on any atom is -0.414 e. The van der Waals surface area contributed by atoms with E-state index in [1.54, 1.807) is 6.26 Å². The average Bonchev–Trinajstić information content (AvgIpc) is 2.54. The van der Waals surface area contributed by atoms with Crippen LogP contribution < -0.4 is 4.52 Å². The van der Waals surface area contributed by atoms with Crippen LogP contribution in [-0.4, -0.2) is 36.9 Å². The van der Waals surface area contributed by atoms with Crippen molar-refractivity contribution in [1.29, 1.82) is 0 Å². The summed E-state index contributed by atoms with van der Waals surface area (Å²) in [6.45, 7) is -0.00885. The molecule has 1 atom stereocenters. The van der Waals surface area contributed by atoms with E-state index in [1.165, 1.54) is 20.6 Å². The molecule has 0 bridgehead atoms. The molecule has 1 heterocycles. The summed E-state index contributed by atoms with van der Waals surface area (Å²) >= 11 is 6.97. The predicted molar refractivity (Wildman–Crippen MR) is 73.6 cm³/mol. The molecule has 0 aliphatic rings. The number of aromatic nitrogens is 2. The Morgan fingerprint density at radius 1 is 1.56 bits per heavy atom. The zero-order valence-corrected chi connectivity index (χ0v) is 13.7. The first-order valence-corrected chi connectivity index (χ1v) is 10.9. The van der Waals surface area contributed by atoms with Gasteiger partial charge in [-0.1, -0.05) is 29.9 Å². The van der Waals surface area contributed by atoms with E-state index in [-0.39, 0.29) is 21.7 Å². The van der Waals surface area contributed by atoms with Gasteiger partial charge in [0.1, 0.15) is 5.02 Å². The first kappa shape index (κ1) is 15.9. The summed E-state index contributed by atoms with van der Waals surface area (Å²) in [7, 11) is -2.06. The lowest BCUT2D eigenvalue weighted by atomic mass is 10.7. The van der Waals surface area contributed by atoms with Gasteiger partial charge in [0.25, 0.3) is 5.88 Å². The van der Waals surface area contributed by atoms with Gasteiger partial charge in [-0.2, -0.15) is 0 Å². The Hall–Kier alpha value is -0.170. The van der Waals surface area contributed by atoms with E-state index in [2.05, 4.69) is 5.10 Å². The Labute approximate surface area is 115 Å². The van der Waals surface area contributed by atoms with Crippen LogP contribution in [0.25, 0.3) is 0 Å². The molecule has 0 amide bonds. The number of nitrogens with zero attached hydrogens (tertiary/aromatic N) is 2. The van der Waals surface area contributed by atoms with Crippen molar-refractivity contribution < 1.29 is 17.5 Å². The van der Waals surface area contributed by atoms with E-state index in [1.807, 2.05) is 0 Å². The summed E-state index contributed by atoms with van der Waals surface area (Å²) in [4.78, 5) is 0. The number of halogens is 1. The monoisotopic (exact) mass is 332 g/mol. The molecule has 0 aromatic carbocycles. The van der Waals surface area contributed by atoms with E-state index < -0.39 is 16.4 Å². The van der Waals surface area contributed by atoms with Crippen molar-refractivity contribution in [1.82, 2.24) is 9.78 Å². The molecule has 0 N–H and O–H groups in total. The van der Waals surface area contributed by atoms with Crippen molar-refractivity contribution in [2.75, 3.05) is 18.7 Å². The maximum absolute atomic E-state index is 11.8. The molecule has 6 nitrogen and oxygen atoms in total. The highest BCUT2D eigenvalue weighted by molar-refractivity contribution is 8.56. The second kappa shape index (κ2) is 5.45. The van der Waals surface area contributed by atoms with Gasteiger partial charge in [0.15, 0.2) is 14.9 Å². The molecule has 0 radical (unpaired) electrons. The van der Waals surface area contributed by atoms with Gasteiger partial charge in [0.2, 0.25) is 0 Å². The maximum Gasteiger partial charge on any atom is 0.301 e. The number of hydrogen-bond donors (Lipinski definition) is 0. The van der Waals surface area contributed by atoms with Gasteiger partial charge < -0.3 is 4.52 Å². The lowest BCUT2D eigenvalue weighted by Gasteiger charge is -2.09. The molecule has 0 spiro atoms. The molecular weight excluding hydrogens is 319 g/mol. The molecule has 1 aromatic heterocycles. The second-order valence-corrected chi connectivity index (χ2v) is 11.2. The second-order valence-electron chi connectivity index (χ2n) is 3.50. The van der Waals surface area contributed by atoms with Crippen molar-refractivity contribution in [2.24, 2.45) is 7.05 Å². The quantitative estimate of drug-likeness (QED) is 0.771. The number of sulfone groups is 1. The van der Waals surface area contributed by atoms with E-state index in [0.717, 1.165) is 16.1 Å². The van der Waals surface area contributed by atoms with Gasteiger partial charge >= 0.3 is 6.57 Å². The highest BCUT2D eigenvalue weighted by atomic mass is 35.5. The fraction of sp³-hybridized carbons (Fsp3) is 0.625. The zero-order valence-electron chi connectivity index (χ0n) is 10.4. The van der Waals surface area contributed by atoms with Crippen molar-refractivity contribution in [3.05, 3.63) is 5.02 Å². The van der Waals surface area contributed by atoms with E-state index >= 15 is 0 Å². The Morgan fingerprint density at radius 2 is 2.11 bits per heavy atom. The lowest BCUT2D eigenvalue weighted by molar-refractivity contribution is 0.488. The van der Waals surface area contributed by atoms with Gasteiger partial charge in [0.05, 0.1) is 5.75 Å². The SMILES string of the molecule is CCS(=O)(=O)c1c(Cl)c(OP(C)(=O)SC)nn1C. The molecule has 0 fully saturated rings. The Bertz CT molecular complexity index is 598. The van der Waals surface area contributed by atoms with Crippen LogP contribution in [0.15, 0.2) is 5.03 Å². The lowest BCUT2D eigenvalue weighted by Crippen LogP contribution is -2.10. The van der Waals surface area contributed by atoms with Gasteiger partial charge in [-0.3, -0.25) is 9.25 Å². The third-order valence-electron chi connectivity index (χ3n) is 2.17. The summed E-state index contributed by atoms with van der Waals surface area (Å²) < 4.78 is 41.8. The van der Waals surface area contributed by atoms with Crippen LogP contribution >= 0.6 is 29.6 Å². The molecule has 104 valence electrons. The topological polar surface area (TPSA) is 78.3 Å². The first-order chi connectivity index (χ1) is 8.14. The molecule has 1 rings (SSSR count). The van der Waals surface area contributed by atoms with Crippen molar-refractivity contribution >= 4 is 39.4 Å².